The van der Waals surface area contributed by atoms with Gasteiger partial charge in [0.15, 0.2) is 0 Å². The topological polar surface area (TPSA) is 56.6 Å². The van der Waals surface area contributed by atoms with E-state index in [9.17, 15) is 10.1 Å². The number of carbonyl (C=O) groups excluding carboxylic acids is 1. The first-order valence-corrected chi connectivity index (χ1v) is 7.61. The second kappa shape index (κ2) is 6.55. The molecular weight excluding hydrogens is 254 g/mol. The monoisotopic (exact) mass is 279 g/mol. The van der Waals surface area contributed by atoms with Crippen molar-refractivity contribution in [3.8, 4) is 6.07 Å². The standard InChI is InChI=1S/C15H25N3O2/c1-3-18-8-4-5-13(18)11-17(2)14(19)15(12-16)6-9-20-10-7-15/h13H,3-11H2,1-2H3. The van der Waals surface area contributed by atoms with Gasteiger partial charge in [-0.3, -0.25) is 9.69 Å². The number of amides is 1. The Labute approximate surface area is 121 Å². The molecule has 1 amide bonds. The van der Waals surface area contributed by atoms with Gasteiger partial charge >= 0.3 is 0 Å². The number of nitrogens with zero attached hydrogens (tertiary/aromatic N) is 3. The van der Waals surface area contributed by atoms with Crippen molar-refractivity contribution in [1.82, 2.24) is 9.80 Å². The molecule has 5 nitrogen and oxygen atoms in total. The molecular formula is C15H25N3O2. The Morgan fingerprint density at radius 2 is 2.20 bits per heavy atom. The first kappa shape index (κ1) is 15.3. The van der Waals surface area contributed by atoms with Gasteiger partial charge in [-0.05, 0) is 38.8 Å². The SMILES string of the molecule is CCN1CCCC1CN(C)C(=O)C1(C#N)CCOCC1. The van der Waals surface area contributed by atoms with Crippen LogP contribution in [0.15, 0.2) is 0 Å². The summed E-state index contributed by atoms with van der Waals surface area (Å²) < 4.78 is 5.29. The molecule has 0 saturated carbocycles. The number of carbonyl (C=O) groups is 1. The van der Waals surface area contributed by atoms with Crippen LogP contribution in [0.25, 0.3) is 0 Å². The van der Waals surface area contributed by atoms with Gasteiger partial charge in [-0.15, -0.1) is 0 Å². The van der Waals surface area contributed by atoms with Crippen molar-refractivity contribution in [3.63, 3.8) is 0 Å². The van der Waals surface area contributed by atoms with E-state index < -0.39 is 5.41 Å². The highest BCUT2D eigenvalue weighted by Gasteiger charge is 2.42. The molecule has 2 heterocycles. The Kier molecular flexibility index (Phi) is 5.00. The van der Waals surface area contributed by atoms with Crippen molar-refractivity contribution < 1.29 is 9.53 Å². The first-order chi connectivity index (χ1) is 9.63. The van der Waals surface area contributed by atoms with Crippen molar-refractivity contribution in [2.75, 3.05) is 39.9 Å². The molecule has 2 aliphatic rings. The molecule has 0 bridgehead atoms. The van der Waals surface area contributed by atoms with Crippen LogP contribution in [-0.2, 0) is 9.53 Å². The summed E-state index contributed by atoms with van der Waals surface area (Å²) in [7, 11) is 1.84. The lowest BCUT2D eigenvalue weighted by Crippen LogP contribution is -2.48. The average molecular weight is 279 g/mol. The van der Waals surface area contributed by atoms with E-state index in [-0.39, 0.29) is 5.91 Å². The Morgan fingerprint density at radius 1 is 1.50 bits per heavy atom. The lowest BCUT2D eigenvalue weighted by molar-refractivity contribution is -0.142. The third-order valence-electron chi connectivity index (χ3n) is 4.71. The highest BCUT2D eigenvalue weighted by molar-refractivity contribution is 5.85. The number of ether oxygens (including phenoxy) is 1. The van der Waals surface area contributed by atoms with E-state index in [2.05, 4.69) is 17.9 Å². The zero-order chi connectivity index (χ0) is 14.6. The summed E-state index contributed by atoms with van der Waals surface area (Å²) in [6, 6.07) is 2.71. The molecule has 2 rings (SSSR count). The molecule has 2 saturated heterocycles. The van der Waals surface area contributed by atoms with E-state index in [0.29, 0.717) is 32.1 Å². The van der Waals surface area contributed by atoms with Gasteiger partial charge in [0.05, 0.1) is 6.07 Å². The van der Waals surface area contributed by atoms with E-state index in [0.717, 1.165) is 26.1 Å². The van der Waals surface area contributed by atoms with Gasteiger partial charge in [0.1, 0.15) is 5.41 Å². The van der Waals surface area contributed by atoms with Gasteiger partial charge in [0.25, 0.3) is 0 Å². The van der Waals surface area contributed by atoms with Crippen LogP contribution < -0.4 is 0 Å². The van der Waals surface area contributed by atoms with Crippen molar-refractivity contribution in [2.24, 2.45) is 5.41 Å². The van der Waals surface area contributed by atoms with Crippen LogP contribution in [0.4, 0.5) is 0 Å². The molecule has 0 radical (unpaired) electrons. The van der Waals surface area contributed by atoms with Crippen molar-refractivity contribution in [1.29, 1.82) is 5.26 Å². The van der Waals surface area contributed by atoms with Gasteiger partial charge in [0.2, 0.25) is 5.91 Å². The molecule has 2 aliphatic heterocycles. The number of hydrogen-bond donors (Lipinski definition) is 0. The second-order valence-corrected chi connectivity index (χ2v) is 5.92. The van der Waals surface area contributed by atoms with Crippen molar-refractivity contribution >= 4 is 5.91 Å². The van der Waals surface area contributed by atoms with E-state index >= 15 is 0 Å². The van der Waals surface area contributed by atoms with Crippen LogP contribution >= 0.6 is 0 Å². The van der Waals surface area contributed by atoms with Crippen LogP contribution in [0.5, 0.6) is 0 Å². The summed E-state index contributed by atoms with van der Waals surface area (Å²) in [5.41, 5.74) is -0.858. The fraction of sp³-hybridized carbons (Fsp3) is 0.867. The zero-order valence-corrected chi connectivity index (χ0v) is 12.6. The third kappa shape index (κ3) is 2.97. The maximum absolute atomic E-state index is 12.7. The summed E-state index contributed by atoms with van der Waals surface area (Å²) >= 11 is 0. The molecule has 0 aromatic carbocycles. The number of hydrogen-bond acceptors (Lipinski definition) is 4. The lowest BCUT2D eigenvalue weighted by Gasteiger charge is -2.35. The molecule has 0 spiro atoms. The van der Waals surface area contributed by atoms with Gasteiger partial charge in [-0.25, -0.2) is 0 Å². The molecule has 0 N–H and O–H groups in total. The molecule has 0 aliphatic carbocycles. The van der Waals surface area contributed by atoms with Crippen LogP contribution in [0.3, 0.4) is 0 Å². The number of likely N-dealkylation sites (tertiary alicyclic amines) is 1. The normalized spacial score (nSPS) is 26.1. The van der Waals surface area contributed by atoms with Crippen LogP contribution in [-0.4, -0.2) is 61.6 Å². The number of likely N-dealkylation sites (N-methyl/N-ethyl adjacent to an activating group) is 2. The fourth-order valence-electron chi connectivity index (χ4n) is 3.38. The Morgan fingerprint density at radius 3 is 2.80 bits per heavy atom. The van der Waals surface area contributed by atoms with E-state index in [1.165, 1.54) is 6.42 Å². The van der Waals surface area contributed by atoms with Crippen LogP contribution in [0.1, 0.15) is 32.6 Å². The molecule has 1 unspecified atom stereocenters. The highest BCUT2D eigenvalue weighted by Crippen LogP contribution is 2.32. The van der Waals surface area contributed by atoms with Crippen LogP contribution in [0.2, 0.25) is 0 Å². The largest absolute Gasteiger partial charge is 0.381 e. The maximum atomic E-state index is 12.7. The van der Waals surface area contributed by atoms with Crippen molar-refractivity contribution in [2.45, 2.75) is 38.6 Å². The van der Waals surface area contributed by atoms with Crippen LogP contribution in [0, 0.1) is 16.7 Å². The maximum Gasteiger partial charge on any atom is 0.243 e. The first-order valence-electron chi connectivity index (χ1n) is 7.61. The number of rotatable bonds is 4. The predicted molar refractivity (Wildman–Crippen MR) is 76.0 cm³/mol. The second-order valence-electron chi connectivity index (χ2n) is 5.92. The smallest absolute Gasteiger partial charge is 0.243 e. The third-order valence-corrected chi connectivity index (χ3v) is 4.71. The molecule has 1 atom stereocenters. The van der Waals surface area contributed by atoms with E-state index in [1.807, 2.05) is 7.05 Å². The van der Waals surface area contributed by atoms with Gasteiger partial charge in [0, 0.05) is 32.8 Å². The van der Waals surface area contributed by atoms with Gasteiger partial charge in [-0.1, -0.05) is 6.92 Å². The molecule has 5 heteroatoms. The predicted octanol–water partition coefficient (Wildman–Crippen LogP) is 1.25. The minimum Gasteiger partial charge on any atom is -0.381 e. The minimum absolute atomic E-state index is 0.0220. The summed E-state index contributed by atoms with van der Waals surface area (Å²) in [6.45, 7) is 6.08. The molecule has 2 fully saturated rings. The average Bonchev–Trinajstić information content (AvgIpc) is 2.94. The minimum atomic E-state index is -0.858. The molecule has 0 aromatic rings. The Hall–Kier alpha value is -1.12. The lowest BCUT2D eigenvalue weighted by atomic mass is 9.80. The Balaban J connectivity index is 1.99. The highest BCUT2D eigenvalue weighted by atomic mass is 16.5. The molecule has 112 valence electrons. The van der Waals surface area contributed by atoms with Crippen molar-refractivity contribution in [3.05, 3.63) is 0 Å². The zero-order valence-electron chi connectivity index (χ0n) is 12.6. The summed E-state index contributed by atoms with van der Waals surface area (Å²) in [6.07, 6.45) is 3.40. The molecule has 20 heavy (non-hydrogen) atoms. The Bertz CT molecular complexity index is 385. The quantitative estimate of drug-likeness (QED) is 0.777. The summed E-state index contributed by atoms with van der Waals surface area (Å²) in [4.78, 5) is 16.9. The van der Waals surface area contributed by atoms with Gasteiger partial charge < -0.3 is 9.64 Å². The summed E-state index contributed by atoms with van der Waals surface area (Å²) in [5, 5.41) is 9.46. The fourth-order valence-corrected chi connectivity index (χ4v) is 3.38. The van der Waals surface area contributed by atoms with Gasteiger partial charge in [-0.2, -0.15) is 5.26 Å². The number of nitriles is 1. The summed E-state index contributed by atoms with van der Waals surface area (Å²) in [5.74, 6) is -0.0220. The van der Waals surface area contributed by atoms with E-state index in [4.69, 9.17) is 4.74 Å². The van der Waals surface area contributed by atoms with E-state index in [1.54, 1.807) is 4.90 Å². The molecule has 0 aromatic heterocycles.